The first-order valence-electron chi connectivity index (χ1n) is 6.05. The van der Waals surface area contributed by atoms with Crippen LogP contribution in [-0.2, 0) is 6.42 Å². The molecule has 18 heavy (non-hydrogen) atoms. The standard InChI is InChI=1S/C12H20N6/c1-4-5-10-11(17-14)15-8-16-12(10)18(3)9(2)6-7-13/h8-9H,4-6,14H2,1-3H3,(H,15,16,17). The van der Waals surface area contributed by atoms with Crippen molar-refractivity contribution in [3.63, 3.8) is 0 Å². The highest BCUT2D eigenvalue weighted by Crippen LogP contribution is 2.25. The maximum absolute atomic E-state index is 8.76. The van der Waals surface area contributed by atoms with Gasteiger partial charge in [-0.2, -0.15) is 5.26 Å². The molecule has 0 aliphatic rings. The second-order valence-corrected chi connectivity index (χ2v) is 4.24. The molecule has 1 atom stereocenters. The van der Waals surface area contributed by atoms with E-state index in [1.165, 1.54) is 6.33 Å². The van der Waals surface area contributed by atoms with Gasteiger partial charge in [-0.25, -0.2) is 15.8 Å². The lowest BCUT2D eigenvalue weighted by molar-refractivity contribution is 0.686. The van der Waals surface area contributed by atoms with Gasteiger partial charge in [0, 0.05) is 18.7 Å². The molecule has 0 fully saturated rings. The smallest absolute Gasteiger partial charge is 0.148 e. The molecule has 0 amide bonds. The number of hydrogen-bond acceptors (Lipinski definition) is 6. The summed E-state index contributed by atoms with van der Waals surface area (Å²) in [6.07, 6.45) is 3.77. The normalized spacial score (nSPS) is 11.7. The number of nitrogen functional groups attached to an aromatic ring is 1. The van der Waals surface area contributed by atoms with Crippen LogP contribution in [0.4, 0.5) is 11.6 Å². The van der Waals surface area contributed by atoms with Crippen LogP contribution >= 0.6 is 0 Å². The topological polar surface area (TPSA) is 90.9 Å². The Balaban J connectivity index is 3.10. The fraction of sp³-hybridized carbons (Fsp3) is 0.583. The molecular formula is C12H20N6. The molecule has 1 aromatic rings. The van der Waals surface area contributed by atoms with Gasteiger partial charge < -0.3 is 10.3 Å². The first-order valence-corrected chi connectivity index (χ1v) is 6.05. The Morgan fingerprint density at radius 3 is 2.83 bits per heavy atom. The molecule has 0 aliphatic carbocycles. The minimum Gasteiger partial charge on any atom is -0.356 e. The quantitative estimate of drug-likeness (QED) is 0.585. The molecule has 6 heteroatoms. The van der Waals surface area contributed by atoms with E-state index in [2.05, 4.69) is 28.4 Å². The molecule has 0 aliphatic heterocycles. The van der Waals surface area contributed by atoms with Crippen LogP contribution in [0.3, 0.4) is 0 Å². The molecule has 1 rings (SSSR count). The molecule has 0 aromatic carbocycles. The van der Waals surface area contributed by atoms with E-state index in [1.807, 2.05) is 18.9 Å². The fourth-order valence-electron chi connectivity index (χ4n) is 1.79. The van der Waals surface area contributed by atoms with E-state index in [0.29, 0.717) is 12.2 Å². The Morgan fingerprint density at radius 2 is 2.28 bits per heavy atom. The maximum atomic E-state index is 8.76. The van der Waals surface area contributed by atoms with Crippen molar-refractivity contribution < 1.29 is 0 Å². The summed E-state index contributed by atoms with van der Waals surface area (Å²) < 4.78 is 0. The average molecular weight is 248 g/mol. The van der Waals surface area contributed by atoms with Gasteiger partial charge in [0.1, 0.15) is 18.0 Å². The monoisotopic (exact) mass is 248 g/mol. The summed E-state index contributed by atoms with van der Waals surface area (Å²) in [7, 11) is 1.93. The molecule has 1 heterocycles. The van der Waals surface area contributed by atoms with Crippen LogP contribution in [0.2, 0.25) is 0 Å². The number of rotatable bonds is 6. The van der Waals surface area contributed by atoms with E-state index in [1.54, 1.807) is 0 Å². The largest absolute Gasteiger partial charge is 0.356 e. The molecule has 0 saturated heterocycles. The van der Waals surface area contributed by atoms with Crippen molar-refractivity contribution >= 4 is 11.6 Å². The number of aromatic nitrogens is 2. The van der Waals surface area contributed by atoms with E-state index in [-0.39, 0.29) is 6.04 Å². The van der Waals surface area contributed by atoms with Crippen molar-refractivity contribution in [1.29, 1.82) is 5.26 Å². The predicted molar refractivity (Wildman–Crippen MR) is 71.9 cm³/mol. The third-order valence-corrected chi connectivity index (χ3v) is 2.94. The van der Waals surface area contributed by atoms with Gasteiger partial charge in [0.05, 0.1) is 12.5 Å². The van der Waals surface area contributed by atoms with Crippen molar-refractivity contribution in [3.05, 3.63) is 11.9 Å². The predicted octanol–water partition coefficient (Wildman–Crippen LogP) is 1.45. The number of hydrazine groups is 1. The molecule has 6 nitrogen and oxygen atoms in total. The van der Waals surface area contributed by atoms with Crippen LogP contribution in [0, 0.1) is 11.3 Å². The number of nitrogens with zero attached hydrogens (tertiary/aromatic N) is 4. The summed E-state index contributed by atoms with van der Waals surface area (Å²) in [5.74, 6) is 6.96. The van der Waals surface area contributed by atoms with Gasteiger partial charge in [-0.3, -0.25) is 0 Å². The third kappa shape index (κ3) is 3.08. The van der Waals surface area contributed by atoms with E-state index >= 15 is 0 Å². The van der Waals surface area contributed by atoms with Crippen LogP contribution in [0.1, 0.15) is 32.3 Å². The summed E-state index contributed by atoms with van der Waals surface area (Å²) in [6.45, 7) is 4.09. The van der Waals surface area contributed by atoms with E-state index < -0.39 is 0 Å². The minimum absolute atomic E-state index is 0.103. The summed E-state index contributed by atoms with van der Waals surface area (Å²) in [6, 6.07) is 2.28. The zero-order valence-electron chi connectivity index (χ0n) is 11.1. The van der Waals surface area contributed by atoms with Crippen LogP contribution in [0.15, 0.2) is 6.33 Å². The van der Waals surface area contributed by atoms with Gasteiger partial charge in [-0.05, 0) is 13.3 Å². The highest BCUT2D eigenvalue weighted by Gasteiger charge is 2.17. The van der Waals surface area contributed by atoms with Crippen molar-refractivity contribution in [1.82, 2.24) is 9.97 Å². The van der Waals surface area contributed by atoms with Crippen molar-refractivity contribution in [3.8, 4) is 6.07 Å². The van der Waals surface area contributed by atoms with Crippen LogP contribution in [-0.4, -0.2) is 23.1 Å². The number of hydrogen-bond donors (Lipinski definition) is 2. The second-order valence-electron chi connectivity index (χ2n) is 4.24. The molecule has 0 saturated carbocycles. The van der Waals surface area contributed by atoms with Gasteiger partial charge in [0.25, 0.3) is 0 Å². The number of nitrogens with one attached hydrogen (secondary N) is 1. The minimum atomic E-state index is 0.103. The summed E-state index contributed by atoms with van der Waals surface area (Å²) in [5.41, 5.74) is 3.60. The van der Waals surface area contributed by atoms with E-state index in [9.17, 15) is 0 Å². The van der Waals surface area contributed by atoms with Gasteiger partial charge in [-0.1, -0.05) is 13.3 Å². The molecule has 98 valence electrons. The lowest BCUT2D eigenvalue weighted by Crippen LogP contribution is -2.30. The zero-order chi connectivity index (χ0) is 13.5. The average Bonchev–Trinajstić information content (AvgIpc) is 2.38. The Labute approximate surface area is 108 Å². The Kier molecular flexibility index (Phi) is 5.33. The lowest BCUT2D eigenvalue weighted by atomic mass is 10.1. The molecule has 0 radical (unpaired) electrons. The first-order chi connectivity index (χ1) is 8.65. The van der Waals surface area contributed by atoms with Crippen LogP contribution in [0.5, 0.6) is 0 Å². The number of anilines is 2. The maximum Gasteiger partial charge on any atom is 0.148 e. The Hall–Kier alpha value is -1.87. The van der Waals surface area contributed by atoms with Gasteiger partial charge in [-0.15, -0.1) is 0 Å². The van der Waals surface area contributed by atoms with Crippen molar-refractivity contribution in [2.75, 3.05) is 17.4 Å². The Bertz CT molecular complexity index is 425. The molecule has 0 spiro atoms. The summed E-state index contributed by atoms with van der Waals surface area (Å²) >= 11 is 0. The first kappa shape index (κ1) is 14.2. The number of nitrogens with two attached hydrogens (primary N) is 1. The van der Waals surface area contributed by atoms with Crippen molar-refractivity contribution in [2.45, 2.75) is 39.2 Å². The van der Waals surface area contributed by atoms with Crippen LogP contribution in [0.25, 0.3) is 0 Å². The third-order valence-electron chi connectivity index (χ3n) is 2.94. The van der Waals surface area contributed by atoms with Crippen LogP contribution < -0.4 is 16.2 Å². The fourth-order valence-corrected chi connectivity index (χ4v) is 1.79. The summed E-state index contributed by atoms with van der Waals surface area (Å²) in [4.78, 5) is 10.4. The van der Waals surface area contributed by atoms with Gasteiger partial charge >= 0.3 is 0 Å². The van der Waals surface area contributed by atoms with Crippen molar-refractivity contribution in [2.24, 2.45) is 5.84 Å². The van der Waals surface area contributed by atoms with Gasteiger partial charge in [0.2, 0.25) is 0 Å². The molecule has 1 aromatic heterocycles. The lowest BCUT2D eigenvalue weighted by Gasteiger charge is -2.26. The highest BCUT2D eigenvalue weighted by atomic mass is 15.3. The zero-order valence-corrected chi connectivity index (χ0v) is 11.1. The van der Waals surface area contributed by atoms with Gasteiger partial charge in [0.15, 0.2) is 0 Å². The highest BCUT2D eigenvalue weighted by molar-refractivity contribution is 5.58. The van der Waals surface area contributed by atoms with E-state index in [0.717, 1.165) is 24.2 Å². The Morgan fingerprint density at radius 1 is 1.56 bits per heavy atom. The second kappa shape index (κ2) is 6.77. The molecule has 0 bridgehead atoms. The summed E-state index contributed by atoms with van der Waals surface area (Å²) in [5, 5.41) is 8.76. The molecule has 1 unspecified atom stereocenters. The molecule has 3 N–H and O–H groups in total. The van der Waals surface area contributed by atoms with E-state index in [4.69, 9.17) is 11.1 Å². The molecular weight excluding hydrogens is 228 g/mol. The number of nitriles is 1. The SMILES string of the molecule is CCCc1c(NN)ncnc1N(C)C(C)CC#N.